The van der Waals surface area contributed by atoms with E-state index in [0.29, 0.717) is 12.5 Å². The van der Waals surface area contributed by atoms with Gasteiger partial charge >= 0.3 is 0 Å². The van der Waals surface area contributed by atoms with Crippen LogP contribution in [-0.2, 0) is 17.9 Å². The van der Waals surface area contributed by atoms with Crippen LogP contribution in [0.15, 0.2) is 42.6 Å². The van der Waals surface area contributed by atoms with Crippen LogP contribution in [0.2, 0.25) is 0 Å². The smallest absolute Gasteiger partial charge is 0.226 e. The summed E-state index contributed by atoms with van der Waals surface area (Å²) in [6.45, 7) is 8.81. The monoisotopic (exact) mass is 398 g/mol. The number of hydrogen-bond acceptors (Lipinski definition) is 2. The molecule has 0 N–H and O–H groups in total. The fourth-order valence-corrected chi connectivity index (χ4v) is 3.74. The number of methoxy groups -OCH3 is 1. The Balaban J connectivity index is 2.14. The minimum absolute atomic E-state index is 0.147. The van der Waals surface area contributed by atoms with Crippen molar-refractivity contribution in [3.63, 3.8) is 0 Å². The summed E-state index contributed by atoms with van der Waals surface area (Å²) in [5.41, 5.74) is 2.38. The molecule has 0 saturated heterocycles. The first-order chi connectivity index (χ1) is 14.1. The standard InChI is InChI=1S/C25H38N2O2/c1-5-8-13-22(7-3)25(28)27(16-9-6-2)20-23-14-11-17-26(23)19-21-12-10-15-24(18-21)29-4/h10-12,14-15,17-18,22H,5-9,13,16,19-20H2,1-4H3/t22-/m1/s1. The van der Waals surface area contributed by atoms with Gasteiger partial charge in [0.1, 0.15) is 5.75 Å². The zero-order valence-corrected chi connectivity index (χ0v) is 18.7. The first-order valence-electron chi connectivity index (χ1n) is 11.2. The highest BCUT2D eigenvalue weighted by Crippen LogP contribution is 2.20. The molecule has 0 bridgehead atoms. The van der Waals surface area contributed by atoms with Gasteiger partial charge in [-0.1, -0.05) is 52.2 Å². The largest absolute Gasteiger partial charge is 0.497 e. The Hall–Kier alpha value is -2.23. The second kappa shape index (κ2) is 12.4. The fraction of sp³-hybridized carbons (Fsp3) is 0.560. The molecular formula is C25H38N2O2. The molecule has 29 heavy (non-hydrogen) atoms. The van der Waals surface area contributed by atoms with E-state index in [-0.39, 0.29) is 5.92 Å². The number of amides is 1. The SMILES string of the molecule is CCCC[C@@H](CC)C(=O)N(CCCC)Cc1cccn1Cc1cccc(OC)c1. The average molecular weight is 399 g/mol. The first kappa shape index (κ1) is 23.1. The van der Waals surface area contributed by atoms with E-state index in [0.717, 1.165) is 57.4 Å². The minimum atomic E-state index is 0.147. The lowest BCUT2D eigenvalue weighted by Crippen LogP contribution is -2.37. The molecule has 2 aromatic rings. The molecule has 0 radical (unpaired) electrons. The Bertz CT molecular complexity index is 738. The number of unbranched alkanes of at least 4 members (excludes halogenated alkanes) is 2. The van der Waals surface area contributed by atoms with Crippen molar-refractivity contribution in [2.45, 2.75) is 72.4 Å². The maximum atomic E-state index is 13.3. The van der Waals surface area contributed by atoms with E-state index in [1.54, 1.807) is 7.11 Å². The second-order valence-corrected chi connectivity index (χ2v) is 7.84. The van der Waals surface area contributed by atoms with E-state index in [9.17, 15) is 4.79 Å². The van der Waals surface area contributed by atoms with Gasteiger partial charge in [-0.25, -0.2) is 0 Å². The molecule has 0 aliphatic heterocycles. The number of aromatic nitrogens is 1. The van der Waals surface area contributed by atoms with Crippen molar-refractivity contribution in [1.82, 2.24) is 9.47 Å². The molecule has 0 aliphatic rings. The Morgan fingerprint density at radius 2 is 1.90 bits per heavy atom. The van der Waals surface area contributed by atoms with Crippen LogP contribution in [0.3, 0.4) is 0 Å². The maximum absolute atomic E-state index is 13.3. The molecule has 1 aromatic carbocycles. The zero-order chi connectivity index (χ0) is 21.1. The fourth-order valence-electron chi connectivity index (χ4n) is 3.74. The van der Waals surface area contributed by atoms with Gasteiger partial charge in [0, 0.05) is 30.9 Å². The van der Waals surface area contributed by atoms with Crippen molar-refractivity contribution < 1.29 is 9.53 Å². The van der Waals surface area contributed by atoms with Crippen molar-refractivity contribution in [3.8, 4) is 5.75 Å². The van der Waals surface area contributed by atoms with E-state index < -0.39 is 0 Å². The summed E-state index contributed by atoms with van der Waals surface area (Å²) >= 11 is 0. The summed E-state index contributed by atoms with van der Waals surface area (Å²) in [4.78, 5) is 15.4. The summed E-state index contributed by atoms with van der Waals surface area (Å²) < 4.78 is 7.60. The molecule has 1 atom stereocenters. The van der Waals surface area contributed by atoms with Crippen LogP contribution in [-0.4, -0.2) is 29.0 Å². The average Bonchev–Trinajstić information content (AvgIpc) is 3.18. The van der Waals surface area contributed by atoms with Crippen molar-refractivity contribution in [3.05, 3.63) is 53.9 Å². The van der Waals surface area contributed by atoms with Crippen LogP contribution >= 0.6 is 0 Å². The predicted octanol–water partition coefficient (Wildman–Crippen LogP) is 5.89. The van der Waals surface area contributed by atoms with Crippen LogP contribution < -0.4 is 4.74 Å². The summed E-state index contributed by atoms with van der Waals surface area (Å²) in [5, 5.41) is 0. The third kappa shape index (κ3) is 6.95. The van der Waals surface area contributed by atoms with E-state index in [2.05, 4.69) is 60.7 Å². The molecule has 0 saturated carbocycles. The highest BCUT2D eigenvalue weighted by molar-refractivity contribution is 5.78. The van der Waals surface area contributed by atoms with Crippen molar-refractivity contribution >= 4 is 5.91 Å². The van der Waals surface area contributed by atoms with Crippen LogP contribution in [0.25, 0.3) is 0 Å². The van der Waals surface area contributed by atoms with Gasteiger partial charge in [-0.3, -0.25) is 4.79 Å². The molecule has 0 fully saturated rings. The molecule has 4 heteroatoms. The Morgan fingerprint density at radius 1 is 1.10 bits per heavy atom. The van der Waals surface area contributed by atoms with Gasteiger partial charge in [0.05, 0.1) is 13.7 Å². The molecule has 160 valence electrons. The highest BCUT2D eigenvalue weighted by atomic mass is 16.5. The third-order valence-corrected chi connectivity index (χ3v) is 5.60. The summed E-state index contributed by atoms with van der Waals surface area (Å²) in [7, 11) is 1.69. The van der Waals surface area contributed by atoms with Crippen LogP contribution in [0, 0.1) is 5.92 Å². The Labute approximate surface area is 176 Å². The number of ether oxygens (including phenoxy) is 1. The van der Waals surface area contributed by atoms with Crippen LogP contribution in [0.5, 0.6) is 5.75 Å². The lowest BCUT2D eigenvalue weighted by molar-refractivity contribution is -0.136. The van der Waals surface area contributed by atoms with E-state index in [4.69, 9.17) is 4.74 Å². The number of benzene rings is 1. The number of rotatable bonds is 13. The molecule has 0 unspecified atom stereocenters. The molecule has 0 spiro atoms. The third-order valence-electron chi connectivity index (χ3n) is 5.60. The van der Waals surface area contributed by atoms with Gasteiger partial charge in [0.15, 0.2) is 0 Å². The number of carbonyl (C=O) groups excluding carboxylic acids is 1. The Kier molecular flexibility index (Phi) is 9.82. The summed E-state index contributed by atoms with van der Waals surface area (Å²) in [6, 6.07) is 12.4. The van der Waals surface area contributed by atoms with Gasteiger partial charge in [-0.2, -0.15) is 0 Å². The molecule has 1 aromatic heterocycles. The molecule has 4 nitrogen and oxygen atoms in total. The van der Waals surface area contributed by atoms with E-state index in [1.807, 2.05) is 12.1 Å². The number of nitrogens with zero attached hydrogens (tertiary/aromatic N) is 2. The van der Waals surface area contributed by atoms with E-state index in [1.165, 1.54) is 11.3 Å². The molecule has 2 rings (SSSR count). The van der Waals surface area contributed by atoms with Crippen molar-refractivity contribution in [1.29, 1.82) is 0 Å². The normalized spacial score (nSPS) is 12.0. The number of carbonyl (C=O) groups is 1. The van der Waals surface area contributed by atoms with Gasteiger partial charge in [-0.15, -0.1) is 0 Å². The van der Waals surface area contributed by atoms with Gasteiger partial charge < -0.3 is 14.2 Å². The van der Waals surface area contributed by atoms with Crippen LogP contribution in [0.1, 0.15) is 70.6 Å². The summed E-state index contributed by atoms with van der Waals surface area (Å²) in [5.74, 6) is 1.34. The van der Waals surface area contributed by atoms with Gasteiger partial charge in [0.2, 0.25) is 5.91 Å². The highest BCUT2D eigenvalue weighted by Gasteiger charge is 2.23. The van der Waals surface area contributed by atoms with Crippen molar-refractivity contribution in [2.75, 3.05) is 13.7 Å². The quantitative estimate of drug-likeness (QED) is 0.421. The van der Waals surface area contributed by atoms with Gasteiger partial charge in [-0.05, 0) is 49.1 Å². The molecule has 1 amide bonds. The second-order valence-electron chi connectivity index (χ2n) is 7.84. The topological polar surface area (TPSA) is 34.5 Å². The maximum Gasteiger partial charge on any atom is 0.226 e. The number of hydrogen-bond donors (Lipinski definition) is 0. The lowest BCUT2D eigenvalue weighted by Gasteiger charge is -2.27. The molecular weight excluding hydrogens is 360 g/mol. The van der Waals surface area contributed by atoms with Gasteiger partial charge in [0.25, 0.3) is 0 Å². The Morgan fingerprint density at radius 3 is 2.59 bits per heavy atom. The van der Waals surface area contributed by atoms with Crippen molar-refractivity contribution in [2.24, 2.45) is 5.92 Å². The lowest BCUT2D eigenvalue weighted by atomic mass is 9.97. The zero-order valence-electron chi connectivity index (χ0n) is 18.7. The summed E-state index contributed by atoms with van der Waals surface area (Å²) in [6.07, 6.45) is 8.43. The molecule has 0 aliphatic carbocycles. The first-order valence-corrected chi connectivity index (χ1v) is 11.2. The predicted molar refractivity (Wildman–Crippen MR) is 120 cm³/mol. The van der Waals surface area contributed by atoms with Crippen LogP contribution in [0.4, 0.5) is 0 Å². The minimum Gasteiger partial charge on any atom is -0.497 e. The molecule has 1 heterocycles. The van der Waals surface area contributed by atoms with E-state index >= 15 is 0 Å².